The molecular formula is C12H20N2O. The van der Waals surface area contributed by atoms with E-state index in [0.717, 1.165) is 45.3 Å². The molecule has 1 aliphatic heterocycles. The van der Waals surface area contributed by atoms with E-state index in [-0.39, 0.29) is 5.91 Å². The third-order valence-corrected chi connectivity index (χ3v) is 3.38. The molecule has 0 unspecified atom stereocenters. The van der Waals surface area contributed by atoms with Crippen LogP contribution in [0.1, 0.15) is 32.1 Å². The Bertz CT molecular complexity index is 256. The van der Waals surface area contributed by atoms with Gasteiger partial charge in [-0.1, -0.05) is 18.1 Å². The zero-order chi connectivity index (χ0) is 10.5. The van der Waals surface area contributed by atoms with Crippen molar-refractivity contribution >= 4 is 5.91 Å². The van der Waals surface area contributed by atoms with Crippen molar-refractivity contribution in [3.63, 3.8) is 0 Å². The second kappa shape index (κ2) is 5.31. The average molecular weight is 208 g/mol. The maximum absolute atomic E-state index is 11.5. The fraction of sp³-hybridized carbons (Fsp3) is 0.750. The second-order valence-electron chi connectivity index (χ2n) is 4.49. The van der Waals surface area contributed by atoms with Gasteiger partial charge in [0.2, 0.25) is 5.91 Å². The Morgan fingerprint density at radius 2 is 2.40 bits per heavy atom. The van der Waals surface area contributed by atoms with E-state index in [2.05, 4.69) is 16.7 Å². The number of hydrogen-bond donors (Lipinski definition) is 2. The van der Waals surface area contributed by atoms with Crippen LogP contribution in [0.5, 0.6) is 0 Å². The van der Waals surface area contributed by atoms with Crippen LogP contribution in [0.25, 0.3) is 0 Å². The standard InChI is InChI=1S/C12H20N2O/c15-12(11-2-1-3-11)14-9-6-10-4-7-13-8-5-10/h4,11,13H,1-3,5-9H2,(H,14,15). The monoisotopic (exact) mass is 208 g/mol. The van der Waals surface area contributed by atoms with Crippen molar-refractivity contribution in [3.05, 3.63) is 11.6 Å². The number of hydrogen-bond acceptors (Lipinski definition) is 2. The molecular weight excluding hydrogens is 188 g/mol. The summed E-state index contributed by atoms with van der Waals surface area (Å²) in [5.41, 5.74) is 1.49. The minimum atomic E-state index is 0.274. The normalized spacial score (nSPS) is 21.7. The summed E-state index contributed by atoms with van der Waals surface area (Å²) in [6.45, 7) is 2.90. The van der Waals surface area contributed by atoms with Gasteiger partial charge in [0.05, 0.1) is 0 Å². The van der Waals surface area contributed by atoms with Gasteiger partial charge in [-0.05, 0) is 32.2 Å². The van der Waals surface area contributed by atoms with Crippen LogP contribution in [0.4, 0.5) is 0 Å². The molecule has 0 radical (unpaired) electrons. The first-order valence-corrected chi connectivity index (χ1v) is 6.02. The first-order valence-electron chi connectivity index (χ1n) is 6.02. The van der Waals surface area contributed by atoms with Gasteiger partial charge >= 0.3 is 0 Å². The fourth-order valence-corrected chi connectivity index (χ4v) is 2.06. The lowest BCUT2D eigenvalue weighted by atomic mass is 9.85. The van der Waals surface area contributed by atoms with Crippen LogP contribution >= 0.6 is 0 Å². The molecule has 1 amide bonds. The Hall–Kier alpha value is -0.830. The quantitative estimate of drug-likeness (QED) is 0.682. The largest absolute Gasteiger partial charge is 0.356 e. The first-order chi connectivity index (χ1) is 7.36. The van der Waals surface area contributed by atoms with Crippen LogP contribution < -0.4 is 10.6 Å². The van der Waals surface area contributed by atoms with Crippen molar-refractivity contribution in [3.8, 4) is 0 Å². The number of nitrogens with one attached hydrogen (secondary N) is 2. The summed E-state index contributed by atoms with van der Waals surface area (Å²) in [5, 5.41) is 6.32. The van der Waals surface area contributed by atoms with E-state index < -0.39 is 0 Å². The van der Waals surface area contributed by atoms with Gasteiger partial charge in [-0.15, -0.1) is 0 Å². The second-order valence-corrected chi connectivity index (χ2v) is 4.49. The third-order valence-electron chi connectivity index (χ3n) is 3.38. The molecule has 0 saturated heterocycles. The Labute approximate surface area is 91.3 Å². The van der Waals surface area contributed by atoms with Crippen LogP contribution in [0.2, 0.25) is 0 Å². The number of amides is 1. The zero-order valence-corrected chi connectivity index (χ0v) is 9.22. The summed E-state index contributed by atoms with van der Waals surface area (Å²) in [7, 11) is 0. The molecule has 0 aromatic heterocycles. The highest BCUT2D eigenvalue weighted by Gasteiger charge is 2.24. The minimum Gasteiger partial charge on any atom is -0.356 e. The molecule has 3 heteroatoms. The van der Waals surface area contributed by atoms with Gasteiger partial charge in [0.25, 0.3) is 0 Å². The van der Waals surface area contributed by atoms with Crippen LogP contribution in [-0.4, -0.2) is 25.5 Å². The summed E-state index contributed by atoms with van der Waals surface area (Å²) < 4.78 is 0. The summed E-state index contributed by atoms with van der Waals surface area (Å²) in [5.74, 6) is 0.600. The van der Waals surface area contributed by atoms with E-state index in [9.17, 15) is 4.79 Å². The molecule has 1 saturated carbocycles. The maximum Gasteiger partial charge on any atom is 0.223 e. The van der Waals surface area contributed by atoms with Gasteiger partial charge in [-0.25, -0.2) is 0 Å². The molecule has 1 aliphatic carbocycles. The molecule has 84 valence electrons. The molecule has 1 heterocycles. The third kappa shape index (κ3) is 3.06. The highest BCUT2D eigenvalue weighted by atomic mass is 16.1. The van der Waals surface area contributed by atoms with E-state index in [1.165, 1.54) is 12.0 Å². The topological polar surface area (TPSA) is 41.1 Å². The lowest BCUT2D eigenvalue weighted by molar-refractivity contribution is -0.127. The number of rotatable bonds is 4. The van der Waals surface area contributed by atoms with Crippen molar-refractivity contribution < 1.29 is 4.79 Å². The van der Waals surface area contributed by atoms with Crippen LogP contribution in [0, 0.1) is 5.92 Å². The van der Waals surface area contributed by atoms with Gasteiger partial charge in [0.1, 0.15) is 0 Å². The molecule has 0 atom stereocenters. The van der Waals surface area contributed by atoms with Gasteiger partial charge in [-0.2, -0.15) is 0 Å². The Kier molecular flexibility index (Phi) is 3.78. The predicted molar refractivity (Wildman–Crippen MR) is 60.5 cm³/mol. The molecule has 0 bridgehead atoms. The summed E-state index contributed by atoms with van der Waals surface area (Å²) >= 11 is 0. The van der Waals surface area contributed by atoms with Gasteiger partial charge < -0.3 is 10.6 Å². The first kappa shape index (κ1) is 10.7. The molecule has 0 spiro atoms. The van der Waals surface area contributed by atoms with Crippen molar-refractivity contribution in [2.45, 2.75) is 32.1 Å². The smallest absolute Gasteiger partial charge is 0.223 e. The van der Waals surface area contributed by atoms with Gasteiger partial charge in [0.15, 0.2) is 0 Å². The number of carbonyl (C=O) groups excluding carboxylic acids is 1. The van der Waals surface area contributed by atoms with Crippen molar-refractivity contribution in [1.82, 2.24) is 10.6 Å². The Balaban J connectivity index is 1.61. The lowest BCUT2D eigenvalue weighted by Crippen LogP contribution is -2.35. The SMILES string of the molecule is O=C(NCCC1=CCNCC1)C1CCC1. The summed E-state index contributed by atoms with van der Waals surface area (Å²) in [6.07, 6.45) is 7.84. The maximum atomic E-state index is 11.5. The number of carbonyl (C=O) groups is 1. The van der Waals surface area contributed by atoms with Crippen molar-refractivity contribution in [1.29, 1.82) is 0 Å². The molecule has 1 fully saturated rings. The molecule has 0 aromatic carbocycles. The zero-order valence-electron chi connectivity index (χ0n) is 9.22. The lowest BCUT2D eigenvalue weighted by Gasteiger charge is -2.24. The molecule has 2 aliphatic rings. The Morgan fingerprint density at radius 3 is 3.00 bits per heavy atom. The van der Waals surface area contributed by atoms with E-state index in [1.54, 1.807) is 0 Å². The molecule has 2 rings (SSSR count). The Morgan fingerprint density at radius 1 is 1.53 bits per heavy atom. The predicted octanol–water partition coefficient (Wildman–Crippen LogP) is 1.21. The van der Waals surface area contributed by atoms with E-state index in [4.69, 9.17) is 0 Å². The average Bonchev–Trinajstić information content (AvgIpc) is 2.16. The van der Waals surface area contributed by atoms with Crippen molar-refractivity contribution in [2.75, 3.05) is 19.6 Å². The van der Waals surface area contributed by atoms with Crippen LogP contribution in [0.3, 0.4) is 0 Å². The minimum absolute atomic E-state index is 0.274. The van der Waals surface area contributed by atoms with Gasteiger partial charge in [0, 0.05) is 19.0 Å². The molecule has 3 nitrogen and oxygen atoms in total. The highest BCUT2D eigenvalue weighted by Crippen LogP contribution is 2.26. The summed E-state index contributed by atoms with van der Waals surface area (Å²) in [4.78, 5) is 11.5. The van der Waals surface area contributed by atoms with E-state index >= 15 is 0 Å². The van der Waals surface area contributed by atoms with E-state index in [1.807, 2.05) is 0 Å². The fourth-order valence-electron chi connectivity index (χ4n) is 2.06. The van der Waals surface area contributed by atoms with E-state index in [0.29, 0.717) is 5.92 Å². The van der Waals surface area contributed by atoms with Gasteiger partial charge in [-0.3, -0.25) is 4.79 Å². The summed E-state index contributed by atoms with van der Waals surface area (Å²) in [6, 6.07) is 0. The molecule has 15 heavy (non-hydrogen) atoms. The van der Waals surface area contributed by atoms with Crippen molar-refractivity contribution in [2.24, 2.45) is 5.92 Å². The molecule has 0 aromatic rings. The van der Waals surface area contributed by atoms with Crippen LogP contribution in [-0.2, 0) is 4.79 Å². The van der Waals surface area contributed by atoms with Crippen LogP contribution in [0.15, 0.2) is 11.6 Å². The highest BCUT2D eigenvalue weighted by molar-refractivity contribution is 5.79. The molecule has 2 N–H and O–H groups in total.